The van der Waals surface area contributed by atoms with Crippen LogP contribution in [0.2, 0.25) is 5.02 Å². The zero-order chi connectivity index (χ0) is 18.9. The maximum atomic E-state index is 6.43. The van der Waals surface area contributed by atoms with Crippen molar-refractivity contribution in [1.29, 1.82) is 0 Å². The summed E-state index contributed by atoms with van der Waals surface area (Å²) in [6.07, 6.45) is 6.24. The van der Waals surface area contributed by atoms with E-state index >= 15 is 0 Å². The highest BCUT2D eigenvalue weighted by Gasteiger charge is 2.22. The number of nitrogens with zero attached hydrogens (tertiary/aromatic N) is 3. The average Bonchev–Trinajstić information content (AvgIpc) is 2.70. The quantitative estimate of drug-likeness (QED) is 0.647. The van der Waals surface area contributed by atoms with Crippen LogP contribution >= 0.6 is 11.6 Å². The van der Waals surface area contributed by atoms with Crippen molar-refractivity contribution in [3.8, 4) is 0 Å². The number of rotatable bonds is 9. The van der Waals surface area contributed by atoms with E-state index in [4.69, 9.17) is 16.3 Å². The highest BCUT2D eigenvalue weighted by molar-refractivity contribution is 6.31. The molecule has 0 aliphatic carbocycles. The first kappa shape index (κ1) is 20.3. The largest absolute Gasteiger partial charge is 0.383 e. The normalized spacial score (nSPS) is 16.1. The molecule has 0 amide bonds. The predicted octanol–water partition coefficient (Wildman–Crippen LogP) is 4.10. The molecule has 0 saturated carbocycles. The molecule has 1 saturated heterocycles. The van der Waals surface area contributed by atoms with E-state index in [-0.39, 0.29) is 0 Å². The second kappa shape index (κ2) is 10.8. The lowest BCUT2D eigenvalue weighted by Gasteiger charge is -2.35. The van der Waals surface area contributed by atoms with Crippen molar-refractivity contribution in [2.24, 2.45) is 5.92 Å². The van der Waals surface area contributed by atoms with Gasteiger partial charge in [0.1, 0.15) is 0 Å². The van der Waals surface area contributed by atoms with Crippen molar-refractivity contribution in [3.63, 3.8) is 0 Å². The number of hydrogen-bond acceptors (Lipinski definition) is 4. The van der Waals surface area contributed by atoms with Crippen molar-refractivity contribution in [2.75, 3.05) is 39.9 Å². The summed E-state index contributed by atoms with van der Waals surface area (Å²) >= 11 is 6.43. The molecule has 0 N–H and O–H groups in total. The summed E-state index contributed by atoms with van der Waals surface area (Å²) in [5.74, 6) is 0.730. The van der Waals surface area contributed by atoms with Crippen molar-refractivity contribution < 1.29 is 4.74 Å². The third kappa shape index (κ3) is 6.58. The summed E-state index contributed by atoms with van der Waals surface area (Å²) in [7, 11) is 1.78. The monoisotopic (exact) mass is 387 g/mol. The van der Waals surface area contributed by atoms with E-state index in [1.165, 1.54) is 37.1 Å². The Hall–Kier alpha value is -1.46. The fourth-order valence-corrected chi connectivity index (χ4v) is 3.97. The smallest absolute Gasteiger partial charge is 0.0589 e. The molecule has 1 fully saturated rings. The van der Waals surface area contributed by atoms with E-state index in [1.807, 2.05) is 24.5 Å². The van der Waals surface area contributed by atoms with Gasteiger partial charge in [0.25, 0.3) is 0 Å². The van der Waals surface area contributed by atoms with E-state index in [0.717, 1.165) is 43.7 Å². The van der Waals surface area contributed by atoms with Crippen molar-refractivity contribution in [1.82, 2.24) is 14.8 Å². The topological polar surface area (TPSA) is 28.6 Å². The van der Waals surface area contributed by atoms with Crippen LogP contribution in [-0.4, -0.2) is 54.7 Å². The van der Waals surface area contributed by atoms with Gasteiger partial charge in [0.05, 0.1) is 6.61 Å². The van der Waals surface area contributed by atoms with Crippen molar-refractivity contribution >= 4 is 11.6 Å². The lowest BCUT2D eigenvalue weighted by Crippen LogP contribution is -2.39. The molecule has 0 radical (unpaired) electrons. The molecule has 146 valence electrons. The fourth-order valence-electron chi connectivity index (χ4n) is 3.78. The Balaban J connectivity index is 1.61. The van der Waals surface area contributed by atoms with Gasteiger partial charge in [-0.15, -0.1) is 0 Å². The number of hydrogen-bond donors (Lipinski definition) is 0. The van der Waals surface area contributed by atoms with E-state index in [2.05, 4.69) is 39.0 Å². The van der Waals surface area contributed by atoms with Crippen LogP contribution in [0.1, 0.15) is 24.0 Å². The van der Waals surface area contributed by atoms with Gasteiger partial charge in [-0.05, 0) is 61.2 Å². The number of aromatic nitrogens is 1. The first-order valence-corrected chi connectivity index (χ1v) is 10.2. The summed E-state index contributed by atoms with van der Waals surface area (Å²) in [6.45, 7) is 7.12. The van der Waals surface area contributed by atoms with Crippen LogP contribution in [0.25, 0.3) is 0 Å². The Morgan fingerprint density at radius 1 is 1.11 bits per heavy atom. The molecule has 0 bridgehead atoms. The third-order valence-electron chi connectivity index (χ3n) is 5.34. The van der Waals surface area contributed by atoms with Crippen LogP contribution in [-0.2, 0) is 17.8 Å². The second-order valence-corrected chi connectivity index (χ2v) is 7.80. The van der Waals surface area contributed by atoms with Crippen molar-refractivity contribution in [3.05, 3.63) is 64.9 Å². The lowest BCUT2D eigenvalue weighted by atomic mass is 9.95. The van der Waals surface area contributed by atoms with Gasteiger partial charge in [0.15, 0.2) is 0 Å². The number of benzene rings is 1. The van der Waals surface area contributed by atoms with Gasteiger partial charge in [-0.25, -0.2) is 0 Å². The SMILES string of the molecule is COCCN1CCC(CN(Cc2ccncc2)Cc2ccccc2Cl)CC1. The van der Waals surface area contributed by atoms with Gasteiger partial charge in [-0.2, -0.15) is 0 Å². The van der Waals surface area contributed by atoms with Crippen LogP contribution in [0.4, 0.5) is 0 Å². The fraction of sp³-hybridized carbons (Fsp3) is 0.500. The van der Waals surface area contributed by atoms with Gasteiger partial charge < -0.3 is 9.64 Å². The third-order valence-corrected chi connectivity index (χ3v) is 5.71. The van der Waals surface area contributed by atoms with Gasteiger partial charge in [-0.3, -0.25) is 9.88 Å². The number of pyridine rings is 1. The van der Waals surface area contributed by atoms with E-state index in [0.29, 0.717) is 0 Å². The Kier molecular flexibility index (Phi) is 8.09. The van der Waals surface area contributed by atoms with E-state index < -0.39 is 0 Å². The number of likely N-dealkylation sites (tertiary alicyclic amines) is 1. The van der Waals surface area contributed by atoms with Crippen LogP contribution in [0.5, 0.6) is 0 Å². The van der Waals surface area contributed by atoms with Crippen LogP contribution < -0.4 is 0 Å². The predicted molar refractivity (Wildman–Crippen MR) is 111 cm³/mol. The van der Waals surface area contributed by atoms with Crippen molar-refractivity contribution in [2.45, 2.75) is 25.9 Å². The molecule has 0 atom stereocenters. The number of methoxy groups -OCH3 is 1. The Bertz CT molecular complexity index is 674. The van der Waals surface area contributed by atoms with Gasteiger partial charge >= 0.3 is 0 Å². The molecule has 0 unspecified atom stereocenters. The minimum absolute atomic E-state index is 0.730. The summed E-state index contributed by atoms with van der Waals surface area (Å²) in [5.41, 5.74) is 2.50. The number of piperidine rings is 1. The zero-order valence-electron chi connectivity index (χ0n) is 16.2. The summed E-state index contributed by atoms with van der Waals surface area (Å²) in [6, 6.07) is 12.4. The van der Waals surface area contributed by atoms with Crippen LogP contribution in [0, 0.1) is 5.92 Å². The summed E-state index contributed by atoms with van der Waals surface area (Å²) in [4.78, 5) is 9.19. The standard InChI is InChI=1S/C22H30ClN3O/c1-27-15-14-25-12-8-20(9-13-25)17-26(16-19-6-10-24-11-7-19)18-21-4-2-3-5-22(21)23/h2-7,10-11,20H,8-9,12-18H2,1H3. The zero-order valence-corrected chi connectivity index (χ0v) is 16.9. The molecule has 3 rings (SSSR count). The number of halogens is 1. The Morgan fingerprint density at radius 2 is 1.85 bits per heavy atom. The molecule has 1 aliphatic heterocycles. The Labute approximate surface area is 168 Å². The molecule has 0 spiro atoms. The summed E-state index contributed by atoms with van der Waals surface area (Å²) in [5, 5.41) is 0.853. The molecule has 27 heavy (non-hydrogen) atoms. The first-order valence-electron chi connectivity index (χ1n) is 9.80. The molecule has 2 aromatic rings. The molecule has 2 heterocycles. The van der Waals surface area contributed by atoms with Gasteiger partial charge in [0.2, 0.25) is 0 Å². The highest BCUT2D eigenvalue weighted by Crippen LogP contribution is 2.23. The number of ether oxygens (including phenoxy) is 1. The highest BCUT2D eigenvalue weighted by atomic mass is 35.5. The summed E-state index contributed by atoms with van der Waals surface area (Å²) < 4.78 is 5.21. The lowest BCUT2D eigenvalue weighted by molar-refractivity contribution is 0.104. The Morgan fingerprint density at radius 3 is 2.56 bits per heavy atom. The van der Waals surface area contributed by atoms with Crippen LogP contribution in [0.3, 0.4) is 0 Å². The van der Waals surface area contributed by atoms with E-state index in [9.17, 15) is 0 Å². The molecular weight excluding hydrogens is 358 g/mol. The molecule has 4 nitrogen and oxygen atoms in total. The molecule has 1 aromatic heterocycles. The first-order chi connectivity index (χ1) is 13.2. The molecular formula is C22H30ClN3O. The van der Waals surface area contributed by atoms with Gasteiger partial charge in [-0.1, -0.05) is 29.8 Å². The maximum absolute atomic E-state index is 6.43. The van der Waals surface area contributed by atoms with Crippen LogP contribution in [0.15, 0.2) is 48.8 Å². The average molecular weight is 388 g/mol. The second-order valence-electron chi connectivity index (χ2n) is 7.39. The molecule has 1 aliphatic rings. The molecule has 1 aromatic carbocycles. The molecule has 5 heteroatoms. The minimum atomic E-state index is 0.730. The van der Waals surface area contributed by atoms with Gasteiger partial charge in [0, 0.05) is 50.7 Å². The minimum Gasteiger partial charge on any atom is -0.383 e. The maximum Gasteiger partial charge on any atom is 0.0589 e. The van der Waals surface area contributed by atoms with E-state index in [1.54, 1.807) is 7.11 Å².